The van der Waals surface area contributed by atoms with Crippen molar-refractivity contribution < 1.29 is 9.84 Å². The fourth-order valence-corrected chi connectivity index (χ4v) is 2.54. The number of ether oxygens (including phenoxy) is 1. The van der Waals surface area contributed by atoms with Gasteiger partial charge < -0.3 is 9.84 Å². The summed E-state index contributed by atoms with van der Waals surface area (Å²) in [4.78, 5) is 0. The summed E-state index contributed by atoms with van der Waals surface area (Å²) in [5, 5.41) is 14.4. The lowest BCUT2D eigenvalue weighted by atomic mass is 10.0. The van der Waals surface area contributed by atoms with Gasteiger partial charge in [0.25, 0.3) is 0 Å². The Morgan fingerprint density at radius 1 is 1.22 bits per heavy atom. The number of thiophene rings is 1. The first-order valence-corrected chi connectivity index (χ1v) is 7.06. The van der Waals surface area contributed by atoms with Gasteiger partial charge >= 0.3 is 0 Å². The lowest BCUT2D eigenvalue weighted by molar-refractivity contribution is 0.166. The van der Waals surface area contributed by atoms with Crippen molar-refractivity contribution in [1.29, 1.82) is 0 Å². The summed E-state index contributed by atoms with van der Waals surface area (Å²) in [7, 11) is 0. The highest BCUT2D eigenvalue weighted by atomic mass is 32.1. The molecule has 0 aliphatic carbocycles. The van der Waals surface area contributed by atoms with Crippen LogP contribution in [0.3, 0.4) is 0 Å². The Labute approximate surface area is 112 Å². The lowest BCUT2D eigenvalue weighted by Crippen LogP contribution is -2.10. The predicted molar refractivity (Wildman–Crippen MR) is 75.2 cm³/mol. The Hall–Kier alpha value is -1.32. The third kappa shape index (κ3) is 3.34. The van der Waals surface area contributed by atoms with Gasteiger partial charge in [0, 0.05) is 12.0 Å². The van der Waals surface area contributed by atoms with Crippen molar-refractivity contribution in [2.24, 2.45) is 0 Å². The molecule has 0 saturated carbocycles. The molecule has 2 aromatic rings. The van der Waals surface area contributed by atoms with Crippen LogP contribution in [-0.4, -0.2) is 11.2 Å². The quantitative estimate of drug-likeness (QED) is 0.887. The zero-order valence-corrected chi connectivity index (χ0v) is 11.5. The van der Waals surface area contributed by atoms with Crippen molar-refractivity contribution in [3.05, 3.63) is 52.2 Å². The minimum absolute atomic E-state index is 0.111. The highest BCUT2D eigenvalue weighted by Gasteiger charge is 2.14. The molecule has 0 radical (unpaired) electrons. The Morgan fingerprint density at radius 2 is 2.00 bits per heavy atom. The van der Waals surface area contributed by atoms with Gasteiger partial charge in [-0.1, -0.05) is 18.2 Å². The molecule has 1 atom stereocenters. The van der Waals surface area contributed by atoms with Crippen molar-refractivity contribution in [1.82, 2.24) is 0 Å². The Balaban J connectivity index is 2.16. The molecule has 2 nitrogen and oxygen atoms in total. The van der Waals surface area contributed by atoms with Crippen LogP contribution < -0.4 is 4.74 Å². The first kappa shape index (κ1) is 13.1. The molecule has 18 heavy (non-hydrogen) atoms. The molecule has 0 bridgehead atoms. The van der Waals surface area contributed by atoms with E-state index in [0.29, 0.717) is 6.42 Å². The largest absolute Gasteiger partial charge is 0.491 e. The number of benzene rings is 1. The smallest absolute Gasteiger partial charge is 0.125 e. The van der Waals surface area contributed by atoms with Crippen LogP contribution in [0.1, 0.15) is 31.1 Å². The van der Waals surface area contributed by atoms with Crippen molar-refractivity contribution in [2.45, 2.75) is 32.5 Å². The average Bonchev–Trinajstić information content (AvgIpc) is 2.81. The van der Waals surface area contributed by atoms with Gasteiger partial charge in [-0.3, -0.25) is 0 Å². The zero-order valence-electron chi connectivity index (χ0n) is 10.7. The first-order chi connectivity index (χ1) is 8.66. The van der Waals surface area contributed by atoms with Crippen LogP contribution in [-0.2, 0) is 6.42 Å². The molecular weight excluding hydrogens is 244 g/mol. The van der Waals surface area contributed by atoms with E-state index in [2.05, 4.69) is 5.38 Å². The number of hydrogen-bond donors (Lipinski definition) is 1. The van der Waals surface area contributed by atoms with Crippen LogP contribution in [0.15, 0.2) is 41.1 Å². The van der Waals surface area contributed by atoms with E-state index in [1.54, 1.807) is 11.3 Å². The topological polar surface area (TPSA) is 29.5 Å². The zero-order chi connectivity index (χ0) is 13.0. The molecule has 1 aromatic heterocycles. The van der Waals surface area contributed by atoms with E-state index in [1.165, 1.54) is 0 Å². The van der Waals surface area contributed by atoms with E-state index < -0.39 is 6.10 Å². The molecule has 1 aromatic carbocycles. The molecule has 0 fully saturated rings. The van der Waals surface area contributed by atoms with Gasteiger partial charge in [0.05, 0.1) is 12.2 Å². The fraction of sp³-hybridized carbons (Fsp3) is 0.333. The Kier molecular flexibility index (Phi) is 4.39. The standard InChI is InChI=1S/C15H18O2S/c1-11(2)17-15-6-4-3-5-13(15)14(16)9-12-7-8-18-10-12/h3-8,10-11,14,16H,9H2,1-2H3. The maximum atomic E-state index is 10.3. The summed E-state index contributed by atoms with van der Waals surface area (Å²) in [5.41, 5.74) is 2.02. The van der Waals surface area contributed by atoms with Crippen molar-refractivity contribution in [3.8, 4) is 5.75 Å². The van der Waals surface area contributed by atoms with Crippen LogP contribution in [0.4, 0.5) is 0 Å². The van der Waals surface area contributed by atoms with Gasteiger partial charge in [-0.15, -0.1) is 0 Å². The normalized spacial score (nSPS) is 12.7. The fourth-order valence-electron chi connectivity index (χ4n) is 1.86. The molecule has 0 amide bonds. The maximum Gasteiger partial charge on any atom is 0.125 e. The number of rotatable bonds is 5. The number of aliphatic hydroxyl groups excluding tert-OH is 1. The molecule has 0 aliphatic heterocycles. The van der Waals surface area contributed by atoms with Crippen LogP contribution in [0.25, 0.3) is 0 Å². The molecule has 3 heteroatoms. The van der Waals surface area contributed by atoms with Gasteiger partial charge in [-0.05, 0) is 42.3 Å². The summed E-state index contributed by atoms with van der Waals surface area (Å²) in [5.74, 6) is 0.773. The SMILES string of the molecule is CC(C)Oc1ccccc1C(O)Cc1ccsc1. The summed E-state index contributed by atoms with van der Waals surface area (Å²) < 4.78 is 5.73. The molecule has 2 rings (SSSR count). The van der Waals surface area contributed by atoms with Gasteiger partial charge in [0.15, 0.2) is 0 Å². The van der Waals surface area contributed by atoms with Crippen molar-refractivity contribution in [3.63, 3.8) is 0 Å². The second-order valence-electron chi connectivity index (χ2n) is 4.56. The van der Waals surface area contributed by atoms with Crippen LogP contribution in [0.5, 0.6) is 5.75 Å². The maximum absolute atomic E-state index is 10.3. The molecular formula is C15H18O2S. The molecule has 96 valence electrons. The summed E-state index contributed by atoms with van der Waals surface area (Å²) in [6.07, 6.45) is 0.219. The van der Waals surface area contributed by atoms with E-state index in [4.69, 9.17) is 4.74 Å². The summed E-state index contributed by atoms with van der Waals surface area (Å²) >= 11 is 1.65. The van der Waals surface area contributed by atoms with Crippen molar-refractivity contribution >= 4 is 11.3 Å². The number of para-hydroxylation sites is 1. The van der Waals surface area contributed by atoms with Crippen molar-refractivity contribution in [2.75, 3.05) is 0 Å². The third-order valence-electron chi connectivity index (χ3n) is 2.65. The molecule has 0 aliphatic rings. The van der Waals surface area contributed by atoms with Crippen LogP contribution in [0, 0.1) is 0 Å². The average molecular weight is 262 g/mol. The summed E-state index contributed by atoms with van der Waals surface area (Å²) in [6, 6.07) is 9.73. The van der Waals surface area contributed by atoms with Gasteiger partial charge in [-0.2, -0.15) is 11.3 Å². The minimum atomic E-state index is -0.519. The van der Waals surface area contributed by atoms with E-state index >= 15 is 0 Å². The molecule has 0 saturated heterocycles. The summed E-state index contributed by atoms with van der Waals surface area (Å²) in [6.45, 7) is 3.98. The van der Waals surface area contributed by atoms with E-state index in [9.17, 15) is 5.11 Å². The van der Waals surface area contributed by atoms with E-state index in [1.807, 2.05) is 49.6 Å². The van der Waals surface area contributed by atoms with Crippen LogP contribution in [0.2, 0.25) is 0 Å². The molecule has 1 heterocycles. The molecule has 0 spiro atoms. The number of hydrogen-bond acceptors (Lipinski definition) is 3. The molecule has 1 N–H and O–H groups in total. The Bertz CT molecular complexity index is 477. The number of aliphatic hydroxyl groups is 1. The van der Waals surface area contributed by atoms with Gasteiger partial charge in [-0.25, -0.2) is 0 Å². The van der Waals surface area contributed by atoms with E-state index in [-0.39, 0.29) is 6.10 Å². The monoisotopic (exact) mass is 262 g/mol. The van der Waals surface area contributed by atoms with Crippen LogP contribution >= 0.6 is 11.3 Å². The second-order valence-corrected chi connectivity index (χ2v) is 5.34. The second kappa shape index (κ2) is 6.03. The Morgan fingerprint density at radius 3 is 2.67 bits per heavy atom. The van der Waals surface area contributed by atoms with Gasteiger partial charge in [0.2, 0.25) is 0 Å². The highest BCUT2D eigenvalue weighted by Crippen LogP contribution is 2.28. The predicted octanol–water partition coefficient (Wildman–Crippen LogP) is 3.81. The first-order valence-electron chi connectivity index (χ1n) is 6.11. The van der Waals surface area contributed by atoms with E-state index in [0.717, 1.165) is 16.9 Å². The minimum Gasteiger partial charge on any atom is -0.491 e. The lowest BCUT2D eigenvalue weighted by Gasteiger charge is -2.17. The molecule has 1 unspecified atom stereocenters. The highest BCUT2D eigenvalue weighted by molar-refractivity contribution is 7.07. The van der Waals surface area contributed by atoms with Gasteiger partial charge in [0.1, 0.15) is 5.75 Å². The third-order valence-corrected chi connectivity index (χ3v) is 3.38.